The van der Waals surface area contributed by atoms with Crippen molar-refractivity contribution in [2.45, 2.75) is 32.4 Å². The minimum atomic E-state index is -0.197. The Morgan fingerprint density at radius 1 is 1.24 bits per heavy atom. The molecule has 94 valence electrons. The second kappa shape index (κ2) is 4.75. The van der Waals surface area contributed by atoms with Gasteiger partial charge in [0, 0.05) is 18.6 Å². The van der Waals surface area contributed by atoms with Gasteiger partial charge in [0.1, 0.15) is 5.82 Å². The maximum Gasteiger partial charge on any atom is 0.123 e. The fourth-order valence-corrected chi connectivity index (χ4v) is 2.14. The van der Waals surface area contributed by atoms with Crippen LogP contribution in [0, 0.1) is 5.82 Å². The van der Waals surface area contributed by atoms with E-state index in [0.717, 1.165) is 25.3 Å². The summed E-state index contributed by atoms with van der Waals surface area (Å²) in [6.07, 6.45) is 0.0589. The van der Waals surface area contributed by atoms with E-state index < -0.39 is 0 Å². The Balaban J connectivity index is 2.09. The average Bonchev–Trinajstić information content (AvgIpc) is 2.29. The van der Waals surface area contributed by atoms with Crippen molar-refractivity contribution in [3.8, 4) is 0 Å². The summed E-state index contributed by atoms with van der Waals surface area (Å²) in [5.74, 6) is -0.197. The molecule has 0 spiro atoms. The molecule has 2 rings (SSSR count). The van der Waals surface area contributed by atoms with E-state index in [1.807, 2.05) is 12.1 Å². The second-order valence-electron chi connectivity index (χ2n) is 5.53. The van der Waals surface area contributed by atoms with Crippen molar-refractivity contribution in [1.82, 2.24) is 4.90 Å². The fraction of sp³-hybridized carbons (Fsp3) is 0.571. The lowest BCUT2D eigenvalue weighted by atomic mass is 10.0. The van der Waals surface area contributed by atoms with E-state index in [1.54, 1.807) is 0 Å². The highest BCUT2D eigenvalue weighted by atomic mass is 19.1. The Labute approximate surface area is 102 Å². The van der Waals surface area contributed by atoms with Crippen molar-refractivity contribution in [3.63, 3.8) is 0 Å². The molecule has 0 aliphatic carbocycles. The molecule has 0 saturated carbocycles. The van der Waals surface area contributed by atoms with Crippen molar-refractivity contribution < 1.29 is 9.13 Å². The molecule has 1 heterocycles. The summed E-state index contributed by atoms with van der Waals surface area (Å²) >= 11 is 0. The predicted molar refractivity (Wildman–Crippen MR) is 66.4 cm³/mol. The van der Waals surface area contributed by atoms with Gasteiger partial charge >= 0.3 is 0 Å². The maximum atomic E-state index is 12.9. The molecule has 17 heavy (non-hydrogen) atoms. The van der Waals surface area contributed by atoms with Crippen LogP contribution >= 0.6 is 0 Å². The number of rotatable bonds is 1. The second-order valence-corrected chi connectivity index (χ2v) is 5.53. The predicted octanol–water partition coefficient (Wildman–Crippen LogP) is 3.00. The third-order valence-electron chi connectivity index (χ3n) is 3.26. The molecule has 1 aromatic carbocycles. The van der Waals surface area contributed by atoms with E-state index >= 15 is 0 Å². The topological polar surface area (TPSA) is 12.5 Å². The van der Waals surface area contributed by atoms with Crippen molar-refractivity contribution in [1.29, 1.82) is 0 Å². The summed E-state index contributed by atoms with van der Waals surface area (Å²) in [6.45, 7) is 9.19. The van der Waals surface area contributed by atoms with Gasteiger partial charge in [-0.2, -0.15) is 0 Å². The van der Waals surface area contributed by atoms with Gasteiger partial charge in [-0.3, -0.25) is 4.90 Å². The SMILES string of the molecule is CC(C)(C)N1CCO[C@H](c2ccc(F)cc2)C1. The van der Waals surface area contributed by atoms with E-state index in [2.05, 4.69) is 25.7 Å². The lowest BCUT2D eigenvalue weighted by Gasteiger charge is -2.41. The number of hydrogen-bond acceptors (Lipinski definition) is 2. The van der Waals surface area contributed by atoms with Crippen molar-refractivity contribution in [3.05, 3.63) is 35.6 Å². The van der Waals surface area contributed by atoms with Crippen LogP contribution in [0.5, 0.6) is 0 Å². The van der Waals surface area contributed by atoms with E-state index in [9.17, 15) is 4.39 Å². The summed E-state index contributed by atoms with van der Waals surface area (Å²) in [5.41, 5.74) is 1.21. The molecule has 1 saturated heterocycles. The van der Waals surface area contributed by atoms with Crippen LogP contribution in [0.4, 0.5) is 4.39 Å². The first-order chi connectivity index (χ1) is 7.97. The fourth-order valence-electron chi connectivity index (χ4n) is 2.14. The molecule has 0 radical (unpaired) electrons. The Morgan fingerprint density at radius 2 is 1.88 bits per heavy atom. The zero-order valence-electron chi connectivity index (χ0n) is 10.7. The van der Waals surface area contributed by atoms with Gasteiger partial charge in [-0.05, 0) is 38.5 Å². The molecule has 1 atom stereocenters. The van der Waals surface area contributed by atoms with Crippen LogP contribution in [0.3, 0.4) is 0 Å². The van der Waals surface area contributed by atoms with Crippen LogP contribution in [-0.4, -0.2) is 30.1 Å². The molecule has 0 unspecified atom stereocenters. The molecule has 1 aliphatic rings. The van der Waals surface area contributed by atoms with Crippen LogP contribution in [0.1, 0.15) is 32.4 Å². The number of halogens is 1. The quantitative estimate of drug-likeness (QED) is 0.744. The van der Waals surface area contributed by atoms with Crippen LogP contribution in [0.2, 0.25) is 0 Å². The summed E-state index contributed by atoms with van der Waals surface area (Å²) in [5, 5.41) is 0. The molecule has 0 bridgehead atoms. The zero-order valence-corrected chi connectivity index (χ0v) is 10.7. The number of morpholine rings is 1. The van der Waals surface area contributed by atoms with E-state index in [-0.39, 0.29) is 17.5 Å². The lowest BCUT2D eigenvalue weighted by Crippen LogP contribution is -2.48. The summed E-state index contributed by atoms with van der Waals surface area (Å²) in [6, 6.07) is 6.61. The number of benzene rings is 1. The highest BCUT2D eigenvalue weighted by Gasteiger charge is 2.28. The first-order valence-electron chi connectivity index (χ1n) is 6.09. The molecule has 1 aromatic rings. The Morgan fingerprint density at radius 3 is 2.47 bits per heavy atom. The molecular weight excluding hydrogens is 217 g/mol. The molecule has 0 aromatic heterocycles. The molecule has 0 N–H and O–H groups in total. The number of hydrogen-bond donors (Lipinski definition) is 0. The van der Waals surface area contributed by atoms with Gasteiger partial charge in [-0.25, -0.2) is 4.39 Å². The molecule has 3 heteroatoms. The van der Waals surface area contributed by atoms with Gasteiger partial charge in [0.05, 0.1) is 12.7 Å². The largest absolute Gasteiger partial charge is 0.371 e. The van der Waals surface area contributed by atoms with Crippen LogP contribution in [0.15, 0.2) is 24.3 Å². The van der Waals surface area contributed by atoms with Crippen molar-refractivity contribution >= 4 is 0 Å². The van der Waals surface area contributed by atoms with Crippen molar-refractivity contribution in [2.75, 3.05) is 19.7 Å². The van der Waals surface area contributed by atoms with Gasteiger partial charge in [0.15, 0.2) is 0 Å². The van der Waals surface area contributed by atoms with E-state index in [4.69, 9.17) is 4.74 Å². The molecular formula is C14H20FNO. The van der Waals surface area contributed by atoms with Gasteiger partial charge in [0.25, 0.3) is 0 Å². The smallest absolute Gasteiger partial charge is 0.123 e. The highest BCUT2D eigenvalue weighted by Crippen LogP contribution is 2.26. The van der Waals surface area contributed by atoms with Gasteiger partial charge in [-0.1, -0.05) is 12.1 Å². The van der Waals surface area contributed by atoms with Crippen molar-refractivity contribution in [2.24, 2.45) is 0 Å². The first kappa shape index (κ1) is 12.5. The van der Waals surface area contributed by atoms with E-state index in [0.29, 0.717) is 0 Å². The standard InChI is InChI=1S/C14H20FNO/c1-14(2,3)16-8-9-17-13(10-16)11-4-6-12(15)7-5-11/h4-7,13H,8-10H2,1-3H3/t13-/m0/s1. The van der Waals surface area contributed by atoms with Crippen LogP contribution in [-0.2, 0) is 4.74 Å². The average molecular weight is 237 g/mol. The summed E-state index contributed by atoms with van der Waals surface area (Å²) in [7, 11) is 0. The Hall–Kier alpha value is -0.930. The Kier molecular flexibility index (Phi) is 3.50. The molecule has 0 amide bonds. The third kappa shape index (κ3) is 3.05. The first-order valence-corrected chi connectivity index (χ1v) is 6.09. The van der Waals surface area contributed by atoms with Crippen LogP contribution < -0.4 is 0 Å². The summed E-state index contributed by atoms with van der Waals surface area (Å²) in [4.78, 5) is 2.41. The minimum Gasteiger partial charge on any atom is -0.371 e. The summed E-state index contributed by atoms with van der Waals surface area (Å²) < 4.78 is 18.6. The molecule has 2 nitrogen and oxygen atoms in total. The normalized spacial score (nSPS) is 22.7. The highest BCUT2D eigenvalue weighted by molar-refractivity contribution is 5.19. The van der Waals surface area contributed by atoms with E-state index in [1.165, 1.54) is 12.1 Å². The number of ether oxygens (including phenoxy) is 1. The third-order valence-corrected chi connectivity index (χ3v) is 3.26. The molecule has 1 fully saturated rings. The van der Waals surface area contributed by atoms with Crippen LogP contribution in [0.25, 0.3) is 0 Å². The zero-order chi connectivity index (χ0) is 12.5. The van der Waals surface area contributed by atoms with Gasteiger partial charge < -0.3 is 4.74 Å². The van der Waals surface area contributed by atoms with Gasteiger partial charge in [0.2, 0.25) is 0 Å². The Bertz CT molecular complexity index is 369. The monoisotopic (exact) mass is 237 g/mol. The maximum absolute atomic E-state index is 12.9. The number of nitrogens with zero attached hydrogens (tertiary/aromatic N) is 1. The molecule has 1 aliphatic heterocycles. The van der Waals surface area contributed by atoms with Gasteiger partial charge in [-0.15, -0.1) is 0 Å². The lowest BCUT2D eigenvalue weighted by molar-refractivity contribution is -0.0596. The minimum absolute atomic E-state index is 0.0589.